The molecule has 2 aromatic heterocycles. The van der Waals surface area contributed by atoms with Crippen LogP contribution in [-0.4, -0.2) is 52.7 Å². The number of halogens is 2. The number of nitrogens with one attached hydrogen (secondary N) is 2. The molecule has 3 aliphatic rings. The summed E-state index contributed by atoms with van der Waals surface area (Å²) in [5, 5.41) is 6.93. The number of anilines is 5. The second kappa shape index (κ2) is 9.03. The second-order valence-electron chi connectivity index (χ2n) is 11.6. The number of fused-ring (bicyclic) bond motifs is 3. The lowest BCUT2D eigenvalue weighted by Gasteiger charge is -2.39. The zero-order valence-corrected chi connectivity index (χ0v) is 22.5. The van der Waals surface area contributed by atoms with Crippen molar-refractivity contribution in [1.29, 1.82) is 0 Å². The van der Waals surface area contributed by atoms with Gasteiger partial charge in [-0.2, -0.15) is 9.97 Å². The van der Waals surface area contributed by atoms with E-state index in [4.69, 9.17) is 9.97 Å². The Labute approximate surface area is 221 Å². The third kappa shape index (κ3) is 4.10. The first-order valence-corrected chi connectivity index (χ1v) is 13.3. The first kappa shape index (κ1) is 24.8. The summed E-state index contributed by atoms with van der Waals surface area (Å²) in [6.07, 6.45) is 2.75. The SMILES string of the molecule is CNc1nc(NC2C3CC(C)C2CN(c2cc(C)ncn2)C3)nc2c1C(C)(C)CN2c1ccc(F)cc1F. The van der Waals surface area contributed by atoms with Crippen molar-refractivity contribution in [2.45, 2.75) is 45.6 Å². The van der Waals surface area contributed by atoms with Crippen molar-refractivity contribution < 1.29 is 8.78 Å². The normalized spacial score (nSPS) is 25.4. The monoisotopic (exact) mass is 520 g/mol. The maximum Gasteiger partial charge on any atom is 0.226 e. The summed E-state index contributed by atoms with van der Waals surface area (Å²) < 4.78 is 28.6. The van der Waals surface area contributed by atoms with Gasteiger partial charge in [-0.05, 0) is 43.2 Å². The van der Waals surface area contributed by atoms with E-state index in [0.717, 1.165) is 48.5 Å². The molecule has 2 fully saturated rings. The number of piperidine rings is 1. The van der Waals surface area contributed by atoms with Crippen LogP contribution in [0.5, 0.6) is 0 Å². The average molecular weight is 521 g/mol. The lowest BCUT2D eigenvalue weighted by molar-refractivity contribution is 0.350. The van der Waals surface area contributed by atoms with Crippen LogP contribution in [0.2, 0.25) is 0 Å². The van der Waals surface area contributed by atoms with Gasteiger partial charge in [-0.25, -0.2) is 18.7 Å². The van der Waals surface area contributed by atoms with Crippen LogP contribution < -0.4 is 20.4 Å². The van der Waals surface area contributed by atoms with Crippen LogP contribution >= 0.6 is 0 Å². The highest BCUT2D eigenvalue weighted by Crippen LogP contribution is 2.48. The van der Waals surface area contributed by atoms with Crippen LogP contribution in [0, 0.1) is 36.3 Å². The number of nitrogens with zero attached hydrogens (tertiary/aromatic N) is 6. The molecule has 4 atom stereocenters. The molecule has 200 valence electrons. The van der Waals surface area contributed by atoms with Crippen molar-refractivity contribution in [2.24, 2.45) is 17.8 Å². The molecule has 4 unspecified atom stereocenters. The van der Waals surface area contributed by atoms with E-state index in [-0.39, 0.29) is 11.5 Å². The molecule has 10 heteroatoms. The molecule has 0 spiro atoms. The molecule has 0 radical (unpaired) electrons. The fourth-order valence-corrected chi connectivity index (χ4v) is 6.73. The molecular formula is C28H34F2N8. The van der Waals surface area contributed by atoms with Gasteiger partial charge in [0.1, 0.15) is 35.4 Å². The fourth-order valence-electron chi connectivity index (χ4n) is 6.73. The number of hydrogen-bond donors (Lipinski definition) is 2. The van der Waals surface area contributed by atoms with E-state index < -0.39 is 11.6 Å². The number of hydrogen-bond acceptors (Lipinski definition) is 8. The minimum Gasteiger partial charge on any atom is -0.373 e. The van der Waals surface area contributed by atoms with E-state index in [9.17, 15) is 8.78 Å². The topological polar surface area (TPSA) is 82.1 Å². The van der Waals surface area contributed by atoms with Gasteiger partial charge in [0, 0.05) is 61.5 Å². The van der Waals surface area contributed by atoms with E-state index in [0.29, 0.717) is 41.8 Å². The molecule has 4 heterocycles. The number of aromatic nitrogens is 4. The summed E-state index contributed by atoms with van der Waals surface area (Å²) in [7, 11) is 1.84. The maximum absolute atomic E-state index is 14.9. The lowest BCUT2D eigenvalue weighted by Crippen LogP contribution is -2.49. The molecular weight excluding hydrogens is 486 g/mol. The van der Waals surface area contributed by atoms with Crippen LogP contribution in [0.4, 0.5) is 37.9 Å². The van der Waals surface area contributed by atoms with Crippen molar-refractivity contribution in [3.63, 3.8) is 0 Å². The minimum atomic E-state index is -0.605. The Balaban J connectivity index is 1.33. The molecule has 2 N–H and O–H groups in total. The third-order valence-electron chi connectivity index (χ3n) is 8.48. The molecule has 2 bridgehead atoms. The Morgan fingerprint density at radius 1 is 1.08 bits per heavy atom. The second-order valence-corrected chi connectivity index (χ2v) is 11.6. The van der Waals surface area contributed by atoms with E-state index in [2.05, 4.69) is 46.3 Å². The number of aryl methyl sites for hydroxylation is 1. The van der Waals surface area contributed by atoms with Gasteiger partial charge in [-0.3, -0.25) is 0 Å². The molecule has 6 rings (SSSR count). The minimum absolute atomic E-state index is 0.220. The molecule has 1 aliphatic carbocycles. The van der Waals surface area contributed by atoms with E-state index in [1.165, 1.54) is 12.1 Å². The van der Waals surface area contributed by atoms with Crippen molar-refractivity contribution >= 4 is 29.1 Å². The maximum atomic E-state index is 14.9. The molecule has 0 amide bonds. The van der Waals surface area contributed by atoms with Crippen molar-refractivity contribution in [2.75, 3.05) is 47.1 Å². The largest absolute Gasteiger partial charge is 0.373 e. The van der Waals surface area contributed by atoms with Gasteiger partial charge in [-0.1, -0.05) is 20.8 Å². The first-order valence-electron chi connectivity index (χ1n) is 13.3. The zero-order valence-electron chi connectivity index (χ0n) is 22.5. The summed E-state index contributed by atoms with van der Waals surface area (Å²) in [5.41, 5.74) is 1.88. The number of benzene rings is 1. The van der Waals surface area contributed by atoms with Gasteiger partial charge < -0.3 is 20.4 Å². The summed E-state index contributed by atoms with van der Waals surface area (Å²) in [5.74, 6) is 3.04. The summed E-state index contributed by atoms with van der Waals surface area (Å²) in [6, 6.07) is 5.96. The summed E-state index contributed by atoms with van der Waals surface area (Å²) in [6.45, 7) is 10.8. The van der Waals surface area contributed by atoms with Crippen LogP contribution in [0.15, 0.2) is 30.6 Å². The van der Waals surface area contributed by atoms with Crippen LogP contribution in [0.3, 0.4) is 0 Å². The Hall–Kier alpha value is -3.56. The van der Waals surface area contributed by atoms with Crippen molar-refractivity contribution in [3.8, 4) is 0 Å². The van der Waals surface area contributed by atoms with Crippen molar-refractivity contribution in [1.82, 2.24) is 19.9 Å². The Morgan fingerprint density at radius 2 is 1.89 bits per heavy atom. The highest BCUT2D eigenvalue weighted by atomic mass is 19.1. The summed E-state index contributed by atoms with van der Waals surface area (Å²) in [4.78, 5) is 22.8. The summed E-state index contributed by atoms with van der Waals surface area (Å²) >= 11 is 0. The van der Waals surface area contributed by atoms with Gasteiger partial charge in [0.2, 0.25) is 5.95 Å². The molecule has 1 aromatic carbocycles. The van der Waals surface area contributed by atoms with Gasteiger partial charge in [-0.15, -0.1) is 0 Å². The van der Waals surface area contributed by atoms with Gasteiger partial charge in [0.25, 0.3) is 0 Å². The third-order valence-corrected chi connectivity index (χ3v) is 8.48. The van der Waals surface area contributed by atoms with Gasteiger partial charge in [0.15, 0.2) is 0 Å². The Morgan fingerprint density at radius 3 is 2.61 bits per heavy atom. The Kier molecular flexibility index (Phi) is 5.88. The smallest absolute Gasteiger partial charge is 0.226 e. The van der Waals surface area contributed by atoms with E-state index in [1.54, 1.807) is 6.33 Å². The van der Waals surface area contributed by atoms with Crippen LogP contribution in [-0.2, 0) is 5.41 Å². The zero-order chi connectivity index (χ0) is 26.8. The average Bonchev–Trinajstić information content (AvgIpc) is 3.22. The predicted octanol–water partition coefficient (Wildman–Crippen LogP) is 4.90. The quantitative estimate of drug-likeness (QED) is 0.492. The van der Waals surface area contributed by atoms with Gasteiger partial charge in [0.05, 0.1) is 5.69 Å². The van der Waals surface area contributed by atoms with E-state index in [1.807, 2.05) is 24.9 Å². The molecule has 2 aliphatic heterocycles. The molecule has 1 saturated carbocycles. The van der Waals surface area contributed by atoms with Crippen LogP contribution in [0.1, 0.15) is 38.4 Å². The fraction of sp³-hybridized carbons (Fsp3) is 0.500. The van der Waals surface area contributed by atoms with Crippen molar-refractivity contribution in [3.05, 3.63) is 53.5 Å². The standard InChI is InChI=1S/C28H34F2N8/c1-15-8-17-11-37(22-9-16(2)32-14-33-22)12-19(15)24(17)34-27-35-25(31-5)23-26(36-27)38(13-28(23,3)4)21-7-6-18(29)10-20(21)30/h6-7,9-10,14-15,17,19,24H,8,11-13H2,1-5H3,(H2,31,34,35,36). The predicted molar refractivity (Wildman–Crippen MR) is 145 cm³/mol. The molecule has 1 saturated heterocycles. The van der Waals surface area contributed by atoms with Gasteiger partial charge >= 0.3 is 0 Å². The first-order chi connectivity index (χ1) is 18.1. The highest BCUT2D eigenvalue weighted by molar-refractivity contribution is 5.76. The molecule has 8 nitrogen and oxygen atoms in total. The number of rotatable bonds is 5. The Bertz CT molecular complexity index is 1380. The highest BCUT2D eigenvalue weighted by Gasteiger charge is 2.47. The molecule has 38 heavy (non-hydrogen) atoms. The van der Waals surface area contributed by atoms with Crippen LogP contribution in [0.25, 0.3) is 0 Å². The lowest BCUT2D eigenvalue weighted by atomic mass is 9.88. The molecule has 3 aromatic rings. The van der Waals surface area contributed by atoms with E-state index >= 15 is 0 Å².